The van der Waals surface area contributed by atoms with Gasteiger partial charge in [0.2, 0.25) is 12.7 Å². The monoisotopic (exact) mass is 625 g/mol. The van der Waals surface area contributed by atoms with Crippen LogP contribution >= 0.6 is 0 Å². The number of fused-ring (bicyclic) bond motifs is 1. The van der Waals surface area contributed by atoms with E-state index in [-0.39, 0.29) is 37.0 Å². The van der Waals surface area contributed by atoms with Gasteiger partial charge in [-0.05, 0) is 60.4 Å². The fourth-order valence-electron chi connectivity index (χ4n) is 5.00. The van der Waals surface area contributed by atoms with Crippen molar-refractivity contribution in [2.75, 3.05) is 6.79 Å². The van der Waals surface area contributed by atoms with Gasteiger partial charge < -0.3 is 24.6 Å². The Morgan fingerprint density at radius 1 is 1.00 bits per heavy atom. The molecule has 44 heavy (non-hydrogen) atoms. The molecule has 0 saturated carbocycles. The fourth-order valence-corrected chi connectivity index (χ4v) is 5.00. The quantitative estimate of drug-likeness (QED) is 0.239. The average Bonchev–Trinajstić information content (AvgIpc) is 3.51. The number of alkyl halides is 6. The summed E-state index contributed by atoms with van der Waals surface area (Å²) in [4.78, 5) is 31.3. The minimum atomic E-state index is -6.04. The number of nitrogens with zero attached hydrogens (tertiary/aromatic N) is 2. The van der Waals surface area contributed by atoms with Crippen molar-refractivity contribution < 1.29 is 55.2 Å². The molecule has 2 aromatic carbocycles. The normalized spacial score (nSPS) is 18.5. The van der Waals surface area contributed by atoms with Gasteiger partial charge in [0, 0.05) is 17.8 Å². The second-order valence-electron chi connectivity index (χ2n) is 10.4. The van der Waals surface area contributed by atoms with Crippen LogP contribution in [0.1, 0.15) is 42.5 Å². The largest absolute Gasteiger partial charge is 0.454 e. The van der Waals surface area contributed by atoms with Gasteiger partial charge >= 0.3 is 18.4 Å². The number of rotatable bonds is 8. The van der Waals surface area contributed by atoms with E-state index in [1.54, 1.807) is 32.0 Å². The SMILES string of the molecule is CCCc1cc(C(O)(C(F)(F)F)C(F)(F)F)ccc1Oc1cc(CN2C(=O)NC(C)(c3ccc4c(c3)OCO4)C2=O)ccn1. The molecule has 1 fully saturated rings. The van der Waals surface area contributed by atoms with Crippen molar-refractivity contribution in [2.45, 2.75) is 56.7 Å². The lowest BCUT2D eigenvalue weighted by Gasteiger charge is -2.33. The van der Waals surface area contributed by atoms with Crippen molar-refractivity contribution >= 4 is 11.9 Å². The van der Waals surface area contributed by atoms with Crippen LogP contribution in [0, 0.1) is 0 Å². The number of benzene rings is 2. The summed E-state index contributed by atoms with van der Waals surface area (Å²) in [6.07, 6.45) is -10.4. The number of carbonyl (C=O) groups is 2. The lowest BCUT2D eigenvalue weighted by Crippen LogP contribution is -2.53. The Labute approximate surface area is 246 Å². The summed E-state index contributed by atoms with van der Waals surface area (Å²) in [5, 5.41) is 12.5. The number of halogens is 6. The Balaban J connectivity index is 1.38. The van der Waals surface area contributed by atoms with E-state index >= 15 is 0 Å². The Morgan fingerprint density at radius 3 is 2.39 bits per heavy atom. The number of imide groups is 1. The molecule has 2 aliphatic rings. The highest BCUT2D eigenvalue weighted by Crippen LogP contribution is 2.50. The molecule has 234 valence electrons. The summed E-state index contributed by atoms with van der Waals surface area (Å²) in [6.45, 7) is 3.03. The maximum atomic E-state index is 13.4. The molecule has 1 saturated heterocycles. The molecule has 0 spiro atoms. The van der Waals surface area contributed by atoms with Gasteiger partial charge in [0.1, 0.15) is 11.3 Å². The second-order valence-corrected chi connectivity index (χ2v) is 10.4. The number of aromatic nitrogens is 1. The summed E-state index contributed by atoms with van der Waals surface area (Å²) < 4.78 is 97.0. The highest BCUT2D eigenvalue weighted by Gasteiger charge is 2.71. The number of aliphatic hydroxyl groups is 1. The van der Waals surface area contributed by atoms with Gasteiger partial charge in [-0.15, -0.1) is 0 Å². The molecule has 0 aliphatic carbocycles. The summed E-state index contributed by atoms with van der Waals surface area (Å²) in [5.74, 6) is 0.196. The number of urea groups is 1. The van der Waals surface area contributed by atoms with Gasteiger partial charge in [-0.1, -0.05) is 25.5 Å². The average molecular weight is 626 g/mol. The highest BCUT2D eigenvalue weighted by atomic mass is 19.4. The van der Waals surface area contributed by atoms with Gasteiger partial charge in [0.25, 0.3) is 11.5 Å². The minimum Gasteiger partial charge on any atom is -0.454 e. The molecule has 3 heterocycles. The number of pyridine rings is 1. The molecule has 0 radical (unpaired) electrons. The van der Waals surface area contributed by atoms with E-state index in [9.17, 15) is 41.0 Å². The van der Waals surface area contributed by atoms with Crippen molar-refractivity contribution in [3.8, 4) is 23.1 Å². The number of hydrogen-bond donors (Lipinski definition) is 2. The third-order valence-corrected chi connectivity index (χ3v) is 7.40. The number of nitrogens with one attached hydrogen (secondary N) is 1. The summed E-state index contributed by atoms with van der Waals surface area (Å²) in [6, 6.07) is 9.07. The highest BCUT2D eigenvalue weighted by molar-refractivity contribution is 6.07. The van der Waals surface area contributed by atoms with Crippen LogP contribution in [0.2, 0.25) is 0 Å². The van der Waals surface area contributed by atoms with Crippen LogP contribution in [0.4, 0.5) is 31.1 Å². The smallest absolute Gasteiger partial charge is 0.430 e. The zero-order valence-corrected chi connectivity index (χ0v) is 23.2. The maximum Gasteiger partial charge on any atom is 0.430 e. The van der Waals surface area contributed by atoms with E-state index in [1.165, 1.54) is 18.3 Å². The van der Waals surface area contributed by atoms with Gasteiger partial charge in [-0.25, -0.2) is 9.78 Å². The number of hydrogen-bond acceptors (Lipinski definition) is 7. The van der Waals surface area contributed by atoms with Gasteiger partial charge in [0.05, 0.1) is 6.54 Å². The minimum absolute atomic E-state index is 0.0234. The van der Waals surface area contributed by atoms with Crippen LogP contribution in [-0.4, -0.2) is 46.1 Å². The van der Waals surface area contributed by atoms with Crippen LogP contribution in [0.5, 0.6) is 23.1 Å². The number of amides is 3. The van der Waals surface area contributed by atoms with Crippen molar-refractivity contribution in [2.24, 2.45) is 0 Å². The molecule has 2 aliphatic heterocycles. The standard InChI is InChI=1S/C29H25F6N3O6/c1-3-4-17-12-19(27(41,28(30,31)32)29(33,34)35)6-7-20(17)44-23-11-16(9-10-36-23)14-38-24(39)26(2,37-25(38)40)18-5-8-21-22(13-18)43-15-42-21/h5-13,41H,3-4,14-15H2,1-2H3,(H,37,40). The Morgan fingerprint density at radius 2 is 1.70 bits per heavy atom. The topological polar surface area (TPSA) is 110 Å². The van der Waals surface area contributed by atoms with Crippen molar-refractivity contribution in [3.05, 3.63) is 77.0 Å². The number of aryl methyl sites for hydroxylation is 1. The van der Waals surface area contributed by atoms with Crippen molar-refractivity contribution in [1.29, 1.82) is 0 Å². The molecule has 9 nitrogen and oxygen atoms in total. The fraction of sp³-hybridized carbons (Fsp3) is 0.345. The first-order valence-corrected chi connectivity index (χ1v) is 13.2. The molecule has 1 atom stereocenters. The predicted molar refractivity (Wildman–Crippen MR) is 140 cm³/mol. The molecule has 0 bridgehead atoms. The Hall–Kier alpha value is -4.53. The molecule has 5 rings (SSSR count). The zero-order valence-electron chi connectivity index (χ0n) is 23.2. The molecular weight excluding hydrogens is 600 g/mol. The Kier molecular flexibility index (Phi) is 7.64. The van der Waals surface area contributed by atoms with E-state index in [2.05, 4.69) is 10.3 Å². The summed E-state index contributed by atoms with van der Waals surface area (Å²) in [5.41, 5.74) is -7.06. The molecule has 3 aromatic rings. The van der Waals surface area contributed by atoms with Crippen LogP contribution in [0.3, 0.4) is 0 Å². The van der Waals surface area contributed by atoms with E-state index < -0.39 is 41.0 Å². The van der Waals surface area contributed by atoms with E-state index in [0.29, 0.717) is 41.2 Å². The van der Waals surface area contributed by atoms with Crippen LogP contribution in [0.25, 0.3) is 0 Å². The molecule has 1 unspecified atom stereocenters. The van der Waals surface area contributed by atoms with E-state index in [4.69, 9.17) is 14.2 Å². The maximum absolute atomic E-state index is 13.4. The summed E-state index contributed by atoms with van der Waals surface area (Å²) in [7, 11) is 0. The number of carbonyl (C=O) groups excluding carboxylic acids is 2. The van der Waals surface area contributed by atoms with Crippen molar-refractivity contribution in [1.82, 2.24) is 15.2 Å². The van der Waals surface area contributed by atoms with E-state index in [1.807, 2.05) is 0 Å². The predicted octanol–water partition coefficient (Wildman–Crippen LogP) is 5.83. The first kappa shape index (κ1) is 30.9. The van der Waals surface area contributed by atoms with Gasteiger partial charge in [-0.3, -0.25) is 9.69 Å². The molecule has 15 heteroatoms. The zero-order chi connectivity index (χ0) is 32.1. The Bertz CT molecular complexity index is 1600. The molecular formula is C29H25F6N3O6. The van der Waals surface area contributed by atoms with Gasteiger partial charge in [0.15, 0.2) is 11.5 Å². The molecule has 1 aromatic heterocycles. The van der Waals surface area contributed by atoms with Crippen LogP contribution < -0.4 is 19.5 Å². The first-order valence-electron chi connectivity index (χ1n) is 13.2. The third-order valence-electron chi connectivity index (χ3n) is 7.40. The third kappa shape index (κ3) is 5.25. The summed E-state index contributed by atoms with van der Waals surface area (Å²) >= 11 is 0. The van der Waals surface area contributed by atoms with Crippen LogP contribution in [0.15, 0.2) is 54.7 Å². The van der Waals surface area contributed by atoms with E-state index in [0.717, 1.165) is 11.0 Å². The lowest BCUT2D eigenvalue weighted by molar-refractivity contribution is -0.376. The van der Waals surface area contributed by atoms with Crippen LogP contribution in [-0.2, 0) is 28.9 Å². The van der Waals surface area contributed by atoms with Crippen molar-refractivity contribution in [3.63, 3.8) is 0 Å². The molecule has 3 amide bonds. The second kappa shape index (κ2) is 10.9. The molecule has 2 N–H and O–H groups in total. The first-order chi connectivity index (χ1) is 20.6. The lowest BCUT2D eigenvalue weighted by atomic mass is 9.90. The van der Waals surface area contributed by atoms with Gasteiger partial charge in [-0.2, -0.15) is 26.3 Å². The number of ether oxygens (including phenoxy) is 3.